The van der Waals surface area contributed by atoms with Crippen molar-refractivity contribution in [3.8, 4) is 0 Å². The van der Waals surface area contributed by atoms with E-state index in [0.29, 0.717) is 13.2 Å². The van der Waals surface area contributed by atoms with Crippen molar-refractivity contribution in [1.29, 1.82) is 0 Å². The van der Waals surface area contributed by atoms with E-state index in [1.165, 1.54) is 6.08 Å². The van der Waals surface area contributed by atoms with Crippen LogP contribution in [0.3, 0.4) is 0 Å². The van der Waals surface area contributed by atoms with Gasteiger partial charge in [-0.15, -0.1) is 0 Å². The molecule has 1 heterocycles. The fourth-order valence-electron chi connectivity index (χ4n) is 3.03. The van der Waals surface area contributed by atoms with Crippen LogP contribution in [0.1, 0.15) is 33.6 Å². The first-order chi connectivity index (χ1) is 12.0. The van der Waals surface area contributed by atoms with Gasteiger partial charge in [0.25, 0.3) is 0 Å². The van der Waals surface area contributed by atoms with E-state index in [2.05, 4.69) is 0 Å². The fourth-order valence-corrected chi connectivity index (χ4v) is 3.03. The molecule has 1 aliphatic heterocycles. The predicted molar refractivity (Wildman–Crippen MR) is 84.3 cm³/mol. The minimum absolute atomic E-state index is 0.000735. The molecule has 0 N–H and O–H groups in total. The number of rotatable bonds is 6. The summed E-state index contributed by atoms with van der Waals surface area (Å²) in [5.74, 6) is -3.51. The van der Waals surface area contributed by atoms with Gasteiger partial charge in [-0.1, -0.05) is 0 Å². The van der Waals surface area contributed by atoms with Gasteiger partial charge in [0.05, 0.1) is 38.6 Å². The molecule has 0 aromatic rings. The zero-order valence-corrected chi connectivity index (χ0v) is 14.8. The largest absolute Gasteiger partial charge is 0.465 e. The molecule has 0 radical (unpaired) electrons. The summed E-state index contributed by atoms with van der Waals surface area (Å²) < 4.78 is 26.5. The molecule has 1 fully saturated rings. The van der Waals surface area contributed by atoms with Crippen LogP contribution in [0, 0.1) is 5.41 Å². The molecule has 8 nitrogen and oxygen atoms in total. The second-order valence-electron chi connectivity index (χ2n) is 5.64. The van der Waals surface area contributed by atoms with Crippen molar-refractivity contribution in [2.45, 2.75) is 39.4 Å². The number of carbonyl (C=O) groups is 3. The molecule has 0 saturated carbocycles. The first-order valence-electron chi connectivity index (χ1n) is 8.48. The first kappa shape index (κ1) is 19.4. The topological polar surface area (TPSA) is 97.4 Å². The van der Waals surface area contributed by atoms with Crippen LogP contribution in [0.25, 0.3) is 0 Å². The molecule has 0 atom stereocenters. The highest BCUT2D eigenvalue weighted by molar-refractivity contribution is 6.05. The van der Waals surface area contributed by atoms with Crippen molar-refractivity contribution in [3.63, 3.8) is 0 Å². The number of carbonyl (C=O) groups excluding carboxylic acids is 3. The monoisotopic (exact) mass is 356 g/mol. The Morgan fingerprint density at radius 3 is 1.92 bits per heavy atom. The van der Waals surface area contributed by atoms with Gasteiger partial charge in [0, 0.05) is 6.42 Å². The Labute approximate surface area is 146 Å². The van der Waals surface area contributed by atoms with Crippen molar-refractivity contribution in [2.24, 2.45) is 5.41 Å². The highest BCUT2D eigenvalue weighted by atomic mass is 16.7. The molecule has 25 heavy (non-hydrogen) atoms. The van der Waals surface area contributed by atoms with Gasteiger partial charge in [-0.05, 0) is 33.3 Å². The lowest BCUT2D eigenvalue weighted by molar-refractivity contribution is -0.179. The Balaban J connectivity index is 2.52. The van der Waals surface area contributed by atoms with Gasteiger partial charge >= 0.3 is 17.9 Å². The van der Waals surface area contributed by atoms with Crippen LogP contribution in [0.2, 0.25) is 0 Å². The zero-order valence-electron chi connectivity index (χ0n) is 14.8. The van der Waals surface area contributed by atoms with Crippen molar-refractivity contribution in [2.75, 3.05) is 33.0 Å². The predicted octanol–water partition coefficient (Wildman–Crippen LogP) is 1.13. The van der Waals surface area contributed by atoms with Crippen LogP contribution in [-0.4, -0.2) is 56.7 Å². The number of hydrogen-bond donors (Lipinski definition) is 0. The SMILES string of the molecule is CCOC(=O)C1=CC(C(=O)OCC)(C(=O)OCC)CCC12OCCO2. The van der Waals surface area contributed by atoms with Crippen LogP contribution in [-0.2, 0) is 38.1 Å². The van der Waals surface area contributed by atoms with E-state index in [4.69, 9.17) is 23.7 Å². The quantitative estimate of drug-likeness (QED) is 0.397. The summed E-state index contributed by atoms with van der Waals surface area (Å²) >= 11 is 0. The van der Waals surface area contributed by atoms with Gasteiger partial charge in [-0.3, -0.25) is 9.59 Å². The summed E-state index contributed by atoms with van der Waals surface area (Å²) in [6, 6.07) is 0. The van der Waals surface area contributed by atoms with Crippen LogP contribution in [0.4, 0.5) is 0 Å². The minimum atomic E-state index is -1.71. The maximum Gasteiger partial charge on any atom is 0.339 e. The van der Waals surface area contributed by atoms with Crippen LogP contribution >= 0.6 is 0 Å². The Morgan fingerprint density at radius 2 is 1.44 bits per heavy atom. The van der Waals surface area contributed by atoms with E-state index in [1.54, 1.807) is 20.8 Å². The summed E-state index contributed by atoms with van der Waals surface area (Å²) in [5.41, 5.74) is -1.71. The first-order valence-corrected chi connectivity index (χ1v) is 8.48. The normalized spacial score (nSPS) is 20.7. The molecule has 2 rings (SSSR count). The number of ether oxygens (including phenoxy) is 5. The summed E-state index contributed by atoms with van der Waals surface area (Å²) in [7, 11) is 0. The fraction of sp³-hybridized carbons (Fsp3) is 0.706. The third-order valence-electron chi connectivity index (χ3n) is 4.18. The molecule has 0 bridgehead atoms. The van der Waals surface area contributed by atoms with Crippen molar-refractivity contribution >= 4 is 17.9 Å². The van der Waals surface area contributed by atoms with E-state index in [9.17, 15) is 14.4 Å². The lowest BCUT2D eigenvalue weighted by atomic mass is 9.73. The zero-order chi connectivity index (χ0) is 18.5. The van der Waals surface area contributed by atoms with Gasteiger partial charge in [0.1, 0.15) is 0 Å². The number of esters is 3. The summed E-state index contributed by atoms with van der Waals surface area (Å²) in [4.78, 5) is 37.6. The molecule has 0 unspecified atom stereocenters. The van der Waals surface area contributed by atoms with Gasteiger partial charge in [0.2, 0.25) is 5.79 Å². The number of hydrogen-bond acceptors (Lipinski definition) is 8. The smallest absolute Gasteiger partial charge is 0.339 e. The molecule has 2 aliphatic rings. The second kappa shape index (κ2) is 7.97. The van der Waals surface area contributed by atoms with E-state index < -0.39 is 29.1 Å². The third kappa shape index (κ3) is 3.55. The molecule has 1 spiro atoms. The Hall–Kier alpha value is -1.93. The molecular formula is C17H24O8. The molecule has 140 valence electrons. The van der Waals surface area contributed by atoms with Crippen molar-refractivity contribution < 1.29 is 38.1 Å². The molecule has 8 heteroatoms. The van der Waals surface area contributed by atoms with Gasteiger partial charge in [0.15, 0.2) is 5.41 Å². The Bertz CT molecular complexity index is 541. The Morgan fingerprint density at radius 1 is 0.920 bits per heavy atom. The van der Waals surface area contributed by atoms with Crippen LogP contribution in [0.15, 0.2) is 11.6 Å². The van der Waals surface area contributed by atoms with E-state index in [0.717, 1.165) is 0 Å². The average Bonchev–Trinajstić information content (AvgIpc) is 3.05. The van der Waals surface area contributed by atoms with E-state index >= 15 is 0 Å². The highest BCUT2D eigenvalue weighted by Gasteiger charge is 2.57. The van der Waals surface area contributed by atoms with Crippen molar-refractivity contribution in [1.82, 2.24) is 0 Å². The maximum absolute atomic E-state index is 12.6. The third-order valence-corrected chi connectivity index (χ3v) is 4.18. The molecule has 0 aromatic carbocycles. The van der Waals surface area contributed by atoms with E-state index in [1.807, 2.05) is 0 Å². The molecule has 1 aliphatic carbocycles. The van der Waals surface area contributed by atoms with Gasteiger partial charge in [-0.25, -0.2) is 4.79 Å². The average molecular weight is 356 g/mol. The van der Waals surface area contributed by atoms with Gasteiger partial charge in [-0.2, -0.15) is 0 Å². The highest BCUT2D eigenvalue weighted by Crippen LogP contribution is 2.45. The van der Waals surface area contributed by atoms with Crippen molar-refractivity contribution in [3.05, 3.63) is 11.6 Å². The lowest BCUT2D eigenvalue weighted by Crippen LogP contribution is -2.50. The second-order valence-corrected chi connectivity index (χ2v) is 5.64. The summed E-state index contributed by atoms with van der Waals surface area (Å²) in [5, 5.41) is 0. The molecular weight excluding hydrogens is 332 g/mol. The lowest BCUT2D eigenvalue weighted by Gasteiger charge is -2.38. The van der Waals surface area contributed by atoms with Crippen LogP contribution in [0.5, 0.6) is 0 Å². The molecule has 0 aromatic heterocycles. The summed E-state index contributed by atoms with van der Waals surface area (Å²) in [6.07, 6.45) is 1.43. The molecule has 0 amide bonds. The van der Waals surface area contributed by atoms with Crippen LogP contribution < -0.4 is 0 Å². The summed E-state index contributed by atoms with van der Waals surface area (Å²) in [6.45, 7) is 5.89. The minimum Gasteiger partial charge on any atom is -0.465 e. The van der Waals surface area contributed by atoms with E-state index in [-0.39, 0.29) is 38.2 Å². The van der Waals surface area contributed by atoms with Gasteiger partial charge < -0.3 is 23.7 Å². The standard InChI is InChI=1S/C17H24O8/c1-4-21-13(18)12-11-16(14(19)22-5-2,15(20)23-6-3)7-8-17(12)24-9-10-25-17/h11H,4-10H2,1-3H3. The molecule has 1 saturated heterocycles. The Kier molecular flexibility index (Phi) is 6.18. The maximum atomic E-state index is 12.6.